The monoisotopic (exact) mass is 256 g/mol. The fourth-order valence-corrected chi connectivity index (χ4v) is 3.25. The molecule has 1 nitrogen and oxygen atoms in total. The van der Waals surface area contributed by atoms with Crippen LogP contribution in [0, 0.1) is 18.6 Å². The van der Waals surface area contributed by atoms with Crippen molar-refractivity contribution in [1.82, 2.24) is 0 Å². The molecule has 1 aliphatic rings. The Hall–Kier alpha value is -0.900. The second-order valence-electron chi connectivity index (χ2n) is 4.27. The lowest BCUT2D eigenvalue weighted by Crippen LogP contribution is -2.23. The Morgan fingerprint density at radius 3 is 2.76 bits per heavy atom. The Kier molecular flexibility index (Phi) is 3.82. The number of thioether (sulfide) groups is 1. The quantitative estimate of drug-likeness (QED) is 0.750. The second kappa shape index (κ2) is 5.17. The number of aryl methyl sites for hydroxylation is 1. The summed E-state index contributed by atoms with van der Waals surface area (Å²) in [7, 11) is 0. The first-order valence-corrected chi connectivity index (χ1v) is 6.76. The highest BCUT2D eigenvalue weighted by Crippen LogP contribution is 2.30. The maximum absolute atomic E-state index is 13.8. The largest absolute Gasteiger partial charge is 0.293 e. The molecule has 1 aromatic carbocycles. The molecule has 0 saturated carbocycles. The van der Waals surface area contributed by atoms with Gasteiger partial charge in [0.05, 0.1) is 10.8 Å². The van der Waals surface area contributed by atoms with Gasteiger partial charge in [0, 0.05) is 0 Å². The molecule has 1 saturated heterocycles. The van der Waals surface area contributed by atoms with Gasteiger partial charge in [0.25, 0.3) is 0 Å². The molecular weight excluding hydrogens is 242 g/mol. The third kappa shape index (κ3) is 2.51. The first-order chi connectivity index (χ1) is 8.11. The van der Waals surface area contributed by atoms with Gasteiger partial charge in [-0.05, 0) is 37.1 Å². The van der Waals surface area contributed by atoms with E-state index in [1.165, 1.54) is 23.9 Å². The van der Waals surface area contributed by atoms with E-state index in [0.717, 1.165) is 25.0 Å². The number of hydrogen-bond acceptors (Lipinski definition) is 2. The molecule has 0 spiro atoms. The van der Waals surface area contributed by atoms with Crippen molar-refractivity contribution in [3.05, 3.63) is 34.9 Å². The number of Topliss-reactive ketones (excluding diaryl/α,β-unsaturated/α-hetero) is 1. The molecule has 0 aliphatic carbocycles. The van der Waals surface area contributed by atoms with Crippen molar-refractivity contribution in [2.24, 2.45) is 0 Å². The third-order valence-corrected chi connectivity index (χ3v) is 4.38. The molecule has 2 rings (SSSR count). The Morgan fingerprint density at radius 2 is 2.12 bits per heavy atom. The highest BCUT2D eigenvalue weighted by atomic mass is 32.2. The number of rotatable bonds is 2. The topological polar surface area (TPSA) is 17.1 Å². The van der Waals surface area contributed by atoms with Crippen LogP contribution in [0.5, 0.6) is 0 Å². The van der Waals surface area contributed by atoms with Crippen LogP contribution in [-0.2, 0) is 0 Å². The number of carbonyl (C=O) groups excluding carboxylic acids is 1. The third-order valence-electron chi connectivity index (χ3n) is 3.00. The lowest BCUT2D eigenvalue weighted by molar-refractivity contribution is 0.0976. The van der Waals surface area contributed by atoms with Crippen molar-refractivity contribution in [3.63, 3.8) is 0 Å². The zero-order chi connectivity index (χ0) is 12.4. The molecule has 4 heteroatoms. The second-order valence-corrected chi connectivity index (χ2v) is 5.58. The van der Waals surface area contributed by atoms with Gasteiger partial charge in [0.1, 0.15) is 11.6 Å². The van der Waals surface area contributed by atoms with Gasteiger partial charge in [-0.2, -0.15) is 11.8 Å². The molecular formula is C13H14F2OS. The molecule has 0 amide bonds. The molecule has 1 aromatic rings. The molecule has 1 aliphatic heterocycles. The number of carbonyl (C=O) groups is 1. The number of ketones is 1. The summed E-state index contributed by atoms with van der Waals surface area (Å²) in [6.45, 7) is 1.54. The van der Waals surface area contributed by atoms with Crippen molar-refractivity contribution in [3.8, 4) is 0 Å². The van der Waals surface area contributed by atoms with Crippen molar-refractivity contribution >= 4 is 17.5 Å². The number of benzene rings is 1. The minimum absolute atomic E-state index is 0.283. The predicted molar refractivity (Wildman–Crippen MR) is 65.5 cm³/mol. The minimum Gasteiger partial charge on any atom is -0.293 e. The summed E-state index contributed by atoms with van der Waals surface area (Å²) in [5.41, 5.74) is -0.0417. The summed E-state index contributed by atoms with van der Waals surface area (Å²) >= 11 is 1.51. The smallest absolute Gasteiger partial charge is 0.181 e. The van der Waals surface area contributed by atoms with Crippen LogP contribution in [-0.4, -0.2) is 16.8 Å². The van der Waals surface area contributed by atoms with Gasteiger partial charge in [-0.1, -0.05) is 12.5 Å². The standard InChI is InChI=1S/C13H14F2OS/c1-8-5-6-9(14)11(12(8)15)13(16)10-4-2-3-7-17-10/h5-6,10H,2-4,7H2,1H3. The molecule has 1 atom stereocenters. The van der Waals surface area contributed by atoms with Crippen LogP contribution in [0.25, 0.3) is 0 Å². The molecule has 92 valence electrons. The van der Waals surface area contributed by atoms with Crippen molar-refractivity contribution < 1.29 is 13.6 Å². The lowest BCUT2D eigenvalue weighted by atomic mass is 10.0. The van der Waals surface area contributed by atoms with E-state index < -0.39 is 17.4 Å². The molecule has 0 aromatic heterocycles. The van der Waals surface area contributed by atoms with Gasteiger partial charge in [0.15, 0.2) is 5.78 Å². The van der Waals surface area contributed by atoms with Crippen LogP contribution in [0.3, 0.4) is 0 Å². The average Bonchev–Trinajstić information content (AvgIpc) is 2.35. The fraction of sp³-hybridized carbons (Fsp3) is 0.462. The van der Waals surface area contributed by atoms with E-state index in [1.54, 1.807) is 6.92 Å². The summed E-state index contributed by atoms with van der Waals surface area (Å²) in [6.07, 6.45) is 2.75. The molecule has 0 N–H and O–H groups in total. The average molecular weight is 256 g/mol. The van der Waals surface area contributed by atoms with E-state index in [0.29, 0.717) is 5.56 Å². The lowest BCUT2D eigenvalue weighted by Gasteiger charge is -2.20. The van der Waals surface area contributed by atoms with Crippen molar-refractivity contribution in [1.29, 1.82) is 0 Å². The van der Waals surface area contributed by atoms with Crippen molar-refractivity contribution in [2.45, 2.75) is 31.4 Å². The Bertz CT molecular complexity index is 439. The van der Waals surface area contributed by atoms with Gasteiger partial charge in [-0.3, -0.25) is 4.79 Å². The molecule has 0 radical (unpaired) electrons. The summed E-state index contributed by atoms with van der Waals surface area (Å²) in [5.74, 6) is -0.954. The Labute approximate surface area is 104 Å². The van der Waals surface area contributed by atoms with Crippen LogP contribution in [0.4, 0.5) is 8.78 Å². The van der Waals surface area contributed by atoms with E-state index in [9.17, 15) is 13.6 Å². The van der Waals surface area contributed by atoms with E-state index in [4.69, 9.17) is 0 Å². The zero-order valence-corrected chi connectivity index (χ0v) is 10.4. The molecule has 17 heavy (non-hydrogen) atoms. The van der Waals surface area contributed by atoms with E-state index in [1.807, 2.05) is 0 Å². The van der Waals surface area contributed by atoms with E-state index in [2.05, 4.69) is 0 Å². The van der Waals surface area contributed by atoms with E-state index >= 15 is 0 Å². The van der Waals surface area contributed by atoms with Gasteiger partial charge in [-0.25, -0.2) is 8.78 Å². The zero-order valence-electron chi connectivity index (χ0n) is 9.63. The first-order valence-electron chi connectivity index (χ1n) is 5.71. The van der Waals surface area contributed by atoms with Crippen LogP contribution >= 0.6 is 11.8 Å². The van der Waals surface area contributed by atoms with Crippen LogP contribution in [0.1, 0.15) is 35.2 Å². The highest BCUT2D eigenvalue weighted by Gasteiger charge is 2.28. The summed E-state index contributed by atoms with van der Waals surface area (Å²) in [5, 5.41) is -0.283. The SMILES string of the molecule is Cc1ccc(F)c(C(=O)C2CCCCS2)c1F. The Morgan fingerprint density at radius 1 is 1.35 bits per heavy atom. The number of halogens is 2. The molecule has 1 heterocycles. The predicted octanol–water partition coefficient (Wildman–Crippen LogP) is 3.74. The maximum Gasteiger partial charge on any atom is 0.181 e. The minimum atomic E-state index is -0.746. The van der Waals surface area contributed by atoms with Gasteiger partial charge in [-0.15, -0.1) is 0 Å². The van der Waals surface area contributed by atoms with Crippen LogP contribution in [0.2, 0.25) is 0 Å². The fourth-order valence-electron chi connectivity index (χ4n) is 1.99. The number of hydrogen-bond donors (Lipinski definition) is 0. The van der Waals surface area contributed by atoms with Gasteiger partial charge in [0.2, 0.25) is 0 Å². The summed E-state index contributed by atoms with van der Waals surface area (Å²) in [4.78, 5) is 12.1. The van der Waals surface area contributed by atoms with Gasteiger partial charge < -0.3 is 0 Å². The highest BCUT2D eigenvalue weighted by molar-refractivity contribution is 8.00. The van der Waals surface area contributed by atoms with Crippen LogP contribution < -0.4 is 0 Å². The Balaban J connectivity index is 2.32. The maximum atomic E-state index is 13.8. The molecule has 1 unspecified atom stereocenters. The summed E-state index contributed by atoms with van der Waals surface area (Å²) in [6, 6.07) is 2.52. The van der Waals surface area contributed by atoms with Crippen molar-refractivity contribution in [2.75, 3.05) is 5.75 Å². The molecule has 1 fully saturated rings. The van der Waals surface area contributed by atoms with E-state index in [-0.39, 0.29) is 10.8 Å². The normalized spacial score (nSPS) is 20.3. The van der Waals surface area contributed by atoms with Crippen LogP contribution in [0.15, 0.2) is 12.1 Å². The molecule has 0 bridgehead atoms. The first kappa shape index (κ1) is 12.6. The summed E-state index contributed by atoms with van der Waals surface area (Å²) < 4.78 is 27.4. The van der Waals surface area contributed by atoms with Gasteiger partial charge >= 0.3 is 0 Å².